The minimum Gasteiger partial charge on any atom is -0.318 e. The van der Waals surface area contributed by atoms with Gasteiger partial charge >= 0.3 is 0 Å². The summed E-state index contributed by atoms with van der Waals surface area (Å²) in [5, 5.41) is 13.7. The third-order valence-electron chi connectivity index (χ3n) is 3.55. The van der Waals surface area contributed by atoms with Gasteiger partial charge in [-0.3, -0.25) is 4.79 Å². The largest absolute Gasteiger partial charge is 0.318 e. The molecule has 0 unspecified atom stereocenters. The summed E-state index contributed by atoms with van der Waals surface area (Å²) in [4.78, 5) is 12.1. The summed E-state index contributed by atoms with van der Waals surface area (Å²) in [5.74, 6) is -0.933. The van der Waals surface area contributed by atoms with Crippen LogP contribution in [0.4, 0.5) is 10.1 Å². The van der Waals surface area contributed by atoms with E-state index < -0.39 is 11.7 Å². The first-order chi connectivity index (χ1) is 10.2. The Labute approximate surface area is 133 Å². The van der Waals surface area contributed by atoms with Crippen molar-refractivity contribution in [3.8, 4) is 0 Å². The SMILES string of the molecule is Cl.O=C(Nc1ccccc1F)c1cn(C2CCNCC2)nn1. The van der Waals surface area contributed by atoms with Gasteiger partial charge in [0.2, 0.25) is 0 Å². The fraction of sp³-hybridized carbons (Fsp3) is 0.357. The van der Waals surface area contributed by atoms with Gasteiger partial charge in [0.1, 0.15) is 5.82 Å². The molecule has 0 saturated carbocycles. The number of nitrogens with zero attached hydrogens (tertiary/aromatic N) is 3. The number of nitrogens with one attached hydrogen (secondary N) is 2. The van der Waals surface area contributed by atoms with E-state index in [0.29, 0.717) is 0 Å². The van der Waals surface area contributed by atoms with E-state index in [-0.39, 0.29) is 29.8 Å². The predicted molar refractivity (Wildman–Crippen MR) is 82.8 cm³/mol. The number of para-hydroxylation sites is 1. The predicted octanol–water partition coefficient (Wildman–Crippen LogP) is 2.02. The van der Waals surface area contributed by atoms with Gasteiger partial charge in [-0.1, -0.05) is 17.3 Å². The Balaban J connectivity index is 0.00000176. The fourth-order valence-corrected chi connectivity index (χ4v) is 2.38. The summed E-state index contributed by atoms with van der Waals surface area (Å²) < 4.78 is 15.2. The zero-order chi connectivity index (χ0) is 14.7. The molecule has 3 rings (SSSR count). The van der Waals surface area contributed by atoms with E-state index in [1.807, 2.05) is 0 Å². The van der Waals surface area contributed by atoms with Crippen LogP contribution in [0.2, 0.25) is 0 Å². The molecule has 1 aliphatic heterocycles. The van der Waals surface area contributed by atoms with Crippen molar-refractivity contribution in [2.24, 2.45) is 0 Å². The molecule has 1 aromatic carbocycles. The third-order valence-corrected chi connectivity index (χ3v) is 3.55. The fourth-order valence-electron chi connectivity index (χ4n) is 2.38. The zero-order valence-electron chi connectivity index (χ0n) is 11.8. The Morgan fingerprint density at radius 1 is 1.32 bits per heavy atom. The lowest BCUT2D eigenvalue weighted by Gasteiger charge is -2.22. The van der Waals surface area contributed by atoms with Gasteiger partial charge in [-0.15, -0.1) is 17.5 Å². The topological polar surface area (TPSA) is 71.8 Å². The molecule has 1 aliphatic rings. The lowest BCUT2D eigenvalue weighted by atomic mass is 10.1. The highest BCUT2D eigenvalue weighted by Gasteiger charge is 2.19. The van der Waals surface area contributed by atoms with Gasteiger partial charge < -0.3 is 10.6 Å². The molecule has 1 aromatic heterocycles. The second kappa shape index (κ2) is 7.33. The quantitative estimate of drug-likeness (QED) is 0.905. The number of piperidine rings is 1. The number of carbonyl (C=O) groups excluding carboxylic acids is 1. The van der Waals surface area contributed by atoms with Crippen LogP contribution >= 0.6 is 12.4 Å². The van der Waals surface area contributed by atoms with Crippen molar-refractivity contribution in [2.75, 3.05) is 18.4 Å². The number of rotatable bonds is 3. The van der Waals surface area contributed by atoms with Crippen molar-refractivity contribution < 1.29 is 9.18 Å². The van der Waals surface area contributed by atoms with E-state index in [1.54, 1.807) is 23.0 Å². The summed E-state index contributed by atoms with van der Waals surface area (Å²) in [5.41, 5.74) is 0.329. The summed E-state index contributed by atoms with van der Waals surface area (Å²) >= 11 is 0. The molecule has 2 aromatic rings. The Kier molecular flexibility index (Phi) is 5.46. The van der Waals surface area contributed by atoms with Crippen LogP contribution in [0.15, 0.2) is 30.5 Å². The van der Waals surface area contributed by atoms with Crippen LogP contribution in [0, 0.1) is 5.82 Å². The normalized spacial score (nSPS) is 15.1. The minimum atomic E-state index is -0.475. The first-order valence-corrected chi connectivity index (χ1v) is 6.92. The summed E-state index contributed by atoms with van der Waals surface area (Å²) in [7, 11) is 0. The Morgan fingerprint density at radius 2 is 2.05 bits per heavy atom. The van der Waals surface area contributed by atoms with Crippen LogP contribution in [0.3, 0.4) is 0 Å². The first-order valence-electron chi connectivity index (χ1n) is 6.92. The van der Waals surface area contributed by atoms with Crippen LogP contribution < -0.4 is 10.6 Å². The number of hydrogen-bond donors (Lipinski definition) is 2. The van der Waals surface area contributed by atoms with Crippen LogP contribution in [0.1, 0.15) is 29.4 Å². The molecule has 0 radical (unpaired) electrons. The van der Waals surface area contributed by atoms with Crippen molar-refractivity contribution in [3.05, 3.63) is 42.0 Å². The number of benzene rings is 1. The molecule has 0 spiro atoms. The number of aromatic nitrogens is 3. The van der Waals surface area contributed by atoms with E-state index in [1.165, 1.54) is 12.1 Å². The van der Waals surface area contributed by atoms with Gasteiger partial charge in [-0.05, 0) is 38.1 Å². The van der Waals surface area contributed by atoms with Crippen molar-refractivity contribution in [2.45, 2.75) is 18.9 Å². The maximum absolute atomic E-state index is 13.5. The first kappa shape index (κ1) is 16.4. The average molecular weight is 326 g/mol. The highest BCUT2D eigenvalue weighted by molar-refractivity contribution is 6.02. The molecule has 0 atom stereocenters. The average Bonchev–Trinajstić information content (AvgIpc) is 3.00. The smallest absolute Gasteiger partial charge is 0.277 e. The Hall–Kier alpha value is -1.99. The maximum Gasteiger partial charge on any atom is 0.277 e. The number of halogens is 2. The van der Waals surface area contributed by atoms with E-state index in [2.05, 4.69) is 20.9 Å². The highest BCUT2D eigenvalue weighted by Crippen LogP contribution is 2.18. The molecule has 1 saturated heterocycles. The molecule has 2 heterocycles. The van der Waals surface area contributed by atoms with E-state index >= 15 is 0 Å². The number of carbonyl (C=O) groups is 1. The molecule has 22 heavy (non-hydrogen) atoms. The van der Waals surface area contributed by atoms with Crippen LogP contribution in [-0.4, -0.2) is 34.0 Å². The molecule has 118 valence electrons. The molecule has 0 bridgehead atoms. The third kappa shape index (κ3) is 3.61. The second-order valence-corrected chi connectivity index (χ2v) is 5.00. The lowest BCUT2D eigenvalue weighted by Crippen LogP contribution is -2.29. The number of amides is 1. The molecule has 1 fully saturated rings. The highest BCUT2D eigenvalue weighted by atomic mass is 35.5. The van der Waals surface area contributed by atoms with Gasteiger partial charge in [-0.2, -0.15) is 0 Å². The van der Waals surface area contributed by atoms with Gasteiger partial charge in [0.05, 0.1) is 17.9 Å². The molecule has 0 aliphatic carbocycles. The standard InChI is InChI=1S/C14H16FN5O.ClH/c15-11-3-1-2-4-12(11)17-14(21)13-9-20(19-18-13)10-5-7-16-8-6-10;/h1-4,9-10,16H,5-8H2,(H,17,21);1H. The molecule has 8 heteroatoms. The van der Waals surface area contributed by atoms with Crippen LogP contribution in [0.25, 0.3) is 0 Å². The number of anilines is 1. The van der Waals surface area contributed by atoms with E-state index in [4.69, 9.17) is 0 Å². The zero-order valence-corrected chi connectivity index (χ0v) is 12.6. The van der Waals surface area contributed by atoms with Crippen LogP contribution in [-0.2, 0) is 0 Å². The van der Waals surface area contributed by atoms with Gasteiger partial charge in [0.25, 0.3) is 5.91 Å². The van der Waals surface area contributed by atoms with E-state index in [0.717, 1.165) is 25.9 Å². The number of hydrogen-bond acceptors (Lipinski definition) is 4. The van der Waals surface area contributed by atoms with Gasteiger partial charge in [0, 0.05) is 0 Å². The van der Waals surface area contributed by atoms with Crippen LogP contribution in [0.5, 0.6) is 0 Å². The van der Waals surface area contributed by atoms with Gasteiger partial charge in [0.15, 0.2) is 5.69 Å². The van der Waals surface area contributed by atoms with Crippen molar-refractivity contribution in [1.82, 2.24) is 20.3 Å². The Morgan fingerprint density at radius 3 is 2.77 bits per heavy atom. The molecular formula is C14H17ClFN5O. The molecule has 2 N–H and O–H groups in total. The molecule has 1 amide bonds. The lowest BCUT2D eigenvalue weighted by molar-refractivity contribution is 0.102. The summed E-state index contributed by atoms with van der Waals surface area (Å²) in [6.07, 6.45) is 3.53. The molecular weight excluding hydrogens is 309 g/mol. The van der Waals surface area contributed by atoms with E-state index in [9.17, 15) is 9.18 Å². The summed E-state index contributed by atoms with van der Waals surface area (Å²) in [6, 6.07) is 6.28. The Bertz CT molecular complexity index is 642. The maximum atomic E-state index is 13.5. The summed E-state index contributed by atoms with van der Waals surface area (Å²) in [6.45, 7) is 1.86. The van der Waals surface area contributed by atoms with Crippen molar-refractivity contribution >= 4 is 24.0 Å². The molecule has 6 nitrogen and oxygen atoms in total. The second-order valence-electron chi connectivity index (χ2n) is 5.00. The monoisotopic (exact) mass is 325 g/mol. The minimum absolute atomic E-state index is 0. The van der Waals surface area contributed by atoms with Gasteiger partial charge in [-0.25, -0.2) is 9.07 Å². The van der Waals surface area contributed by atoms with Crippen molar-refractivity contribution in [3.63, 3.8) is 0 Å². The van der Waals surface area contributed by atoms with Crippen molar-refractivity contribution in [1.29, 1.82) is 0 Å².